The molecule has 0 unspecified atom stereocenters. The molecule has 3 heteroatoms. The van der Waals surface area contributed by atoms with Crippen LogP contribution in [0.4, 0.5) is 0 Å². The monoisotopic (exact) mass is 173 g/mol. The van der Waals surface area contributed by atoms with Crippen LogP contribution in [0.5, 0.6) is 0 Å². The van der Waals surface area contributed by atoms with Gasteiger partial charge in [-0.1, -0.05) is 6.07 Å². The zero-order valence-corrected chi connectivity index (χ0v) is 7.70. The van der Waals surface area contributed by atoms with E-state index in [1.54, 1.807) is 13.3 Å². The third kappa shape index (κ3) is 1.22. The van der Waals surface area contributed by atoms with E-state index in [9.17, 15) is 0 Å². The number of hydrogen-bond donors (Lipinski definition) is 1. The smallest absolute Gasteiger partial charge is 0.0955 e. The van der Waals surface area contributed by atoms with Crippen molar-refractivity contribution in [1.29, 1.82) is 5.41 Å². The van der Waals surface area contributed by atoms with Gasteiger partial charge in [-0.05, 0) is 24.6 Å². The van der Waals surface area contributed by atoms with Gasteiger partial charge in [0.1, 0.15) is 0 Å². The fourth-order valence-corrected chi connectivity index (χ4v) is 1.36. The minimum Gasteiger partial charge on any atom is -0.334 e. The maximum absolute atomic E-state index is 7.50. The van der Waals surface area contributed by atoms with Crippen molar-refractivity contribution in [2.45, 2.75) is 6.92 Å². The van der Waals surface area contributed by atoms with Crippen LogP contribution in [-0.4, -0.2) is 15.3 Å². The topological polar surface area (TPSA) is 41.7 Å². The highest BCUT2D eigenvalue weighted by Crippen LogP contribution is 2.13. The third-order valence-corrected chi connectivity index (χ3v) is 2.16. The molecule has 3 nitrogen and oxygen atoms in total. The lowest BCUT2D eigenvalue weighted by molar-refractivity contribution is 0.947. The molecule has 1 aromatic carbocycles. The van der Waals surface area contributed by atoms with Gasteiger partial charge in [0.05, 0.1) is 17.4 Å². The Bertz CT molecular complexity index is 468. The van der Waals surface area contributed by atoms with E-state index in [-0.39, 0.29) is 0 Å². The van der Waals surface area contributed by atoms with Crippen LogP contribution in [0.1, 0.15) is 12.5 Å². The van der Waals surface area contributed by atoms with Gasteiger partial charge >= 0.3 is 0 Å². The number of benzene rings is 1. The predicted octanol–water partition coefficient (Wildman–Crippen LogP) is 1.96. The van der Waals surface area contributed by atoms with E-state index in [2.05, 4.69) is 4.98 Å². The van der Waals surface area contributed by atoms with Crippen LogP contribution in [0.2, 0.25) is 0 Å². The summed E-state index contributed by atoms with van der Waals surface area (Å²) in [4.78, 5) is 4.21. The van der Waals surface area contributed by atoms with Gasteiger partial charge in [-0.2, -0.15) is 0 Å². The summed E-state index contributed by atoms with van der Waals surface area (Å²) < 4.78 is 1.96. The Labute approximate surface area is 76.5 Å². The first-order chi connectivity index (χ1) is 6.18. The summed E-state index contributed by atoms with van der Waals surface area (Å²) in [6.07, 6.45) is 1.79. The lowest BCUT2D eigenvalue weighted by Gasteiger charge is -1.98. The van der Waals surface area contributed by atoms with Crippen molar-refractivity contribution in [2.75, 3.05) is 0 Å². The van der Waals surface area contributed by atoms with Gasteiger partial charge in [-0.15, -0.1) is 0 Å². The first-order valence-electron chi connectivity index (χ1n) is 4.15. The molecule has 0 fully saturated rings. The fraction of sp³-hybridized carbons (Fsp3) is 0.200. The van der Waals surface area contributed by atoms with Crippen LogP contribution in [0.3, 0.4) is 0 Å². The number of rotatable bonds is 1. The first kappa shape index (κ1) is 7.98. The minimum atomic E-state index is 0.586. The summed E-state index contributed by atoms with van der Waals surface area (Å²) >= 11 is 0. The molecular weight excluding hydrogens is 162 g/mol. The van der Waals surface area contributed by atoms with Gasteiger partial charge in [0, 0.05) is 12.8 Å². The van der Waals surface area contributed by atoms with Crippen molar-refractivity contribution in [2.24, 2.45) is 7.05 Å². The van der Waals surface area contributed by atoms with Gasteiger partial charge < -0.3 is 9.98 Å². The van der Waals surface area contributed by atoms with E-state index in [4.69, 9.17) is 5.41 Å². The van der Waals surface area contributed by atoms with Crippen LogP contribution >= 0.6 is 0 Å². The summed E-state index contributed by atoms with van der Waals surface area (Å²) in [5.41, 5.74) is 3.59. The van der Waals surface area contributed by atoms with E-state index in [1.807, 2.05) is 29.8 Å². The molecule has 2 aromatic rings. The molecule has 0 atom stereocenters. The molecule has 0 bridgehead atoms. The van der Waals surface area contributed by atoms with Crippen molar-refractivity contribution in [3.63, 3.8) is 0 Å². The normalized spacial score (nSPS) is 10.6. The molecule has 0 saturated heterocycles. The Morgan fingerprint density at radius 3 is 2.92 bits per heavy atom. The summed E-state index contributed by atoms with van der Waals surface area (Å²) in [5, 5.41) is 7.50. The minimum absolute atomic E-state index is 0.586. The Morgan fingerprint density at radius 2 is 2.23 bits per heavy atom. The van der Waals surface area contributed by atoms with Crippen molar-refractivity contribution < 1.29 is 0 Å². The Morgan fingerprint density at radius 1 is 1.46 bits per heavy atom. The number of nitrogens with zero attached hydrogens (tertiary/aromatic N) is 2. The lowest BCUT2D eigenvalue weighted by Crippen LogP contribution is -1.92. The molecule has 0 saturated carbocycles. The van der Waals surface area contributed by atoms with Gasteiger partial charge in [0.15, 0.2) is 0 Å². The number of aryl methyl sites for hydroxylation is 1. The molecular formula is C10H11N3. The maximum Gasteiger partial charge on any atom is 0.0955 e. The Kier molecular flexibility index (Phi) is 1.65. The van der Waals surface area contributed by atoms with Gasteiger partial charge in [0.25, 0.3) is 0 Å². The number of nitrogens with one attached hydrogen (secondary N) is 1. The average molecular weight is 173 g/mol. The van der Waals surface area contributed by atoms with Crippen molar-refractivity contribution in [1.82, 2.24) is 9.55 Å². The summed E-state index contributed by atoms with van der Waals surface area (Å²) in [7, 11) is 1.96. The van der Waals surface area contributed by atoms with Crippen LogP contribution < -0.4 is 0 Å². The van der Waals surface area contributed by atoms with E-state index >= 15 is 0 Å². The standard InChI is InChI=1S/C10H11N3/c1-7(11)8-3-4-9-10(5-8)13(2)6-12-9/h3-6,11H,1-2H3. The molecule has 0 spiro atoms. The zero-order valence-electron chi connectivity index (χ0n) is 7.70. The van der Waals surface area contributed by atoms with E-state index in [1.165, 1.54) is 0 Å². The van der Waals surface area contributed by atoms with E-state index in [0.717, 1.165) is 16.6 Å². The summed E-state index contributed by atoms with van der Waals surface area (Å²) in [6.45, 7) is 1.79. The molecule has 13 heavy (non-hydrogen) atoms. The second-order valence-electron chi connectivity index (χ2n) is 3.18. The van der Waals surface area contributed by atoms with E-state index in [0.29, 0.717) is 5.71 Å². The van der Waals surface area contributed by atoms with Crippen molar-refractivity contribution >= 4 is 16.7 Å². The molecule has 2 rings (SSSR count). The van der Waals surface area contributed by atoms with Crippen LogP contribution in [0, 0.1) is 5.41 Å². The van der Waals surface area contributed by atoms with E-state index < -0.39 is 0 Å². The van der Waals surface area contributed by atoms with Gasteiger partial charge in [-0.3, -0.25) is 0 Å². The second kappa shape index (κ2) is 2.69. The summed E-state index contributed by atoms with van der Waals surface area (Å²) in [5.74, 6) is 0. The highest BCUT2D eigenvalue weighted by molar-refractivity contribution is 5.98. The predicted molar refractivity (Wildman–Crippen MR) is 53.2 cm³/mol. The zero-order chi connectivity index (χ0) is 9.42. The lowest BCUT2D eigenvalue weighted by atomic mass is 10.1. The number of hydrogen-bond acceptors (Lipinski definition) is 2. The molecule has 0 radical (unpaired) electrons. The molecule has 0 aliphatic rings. The SMILES string of the molecule is CC(=N)c1ccc2ncn(C)c2c1. The largest absolute Gasteiger partial charge is 0.334 e. The molecule has 0 aliphatic heterocycles. The van der Waals surface area contributed by atoms with Crippen molar-refractivity contribution in [3.05, 3.63) is 30.1 Å². The number of aromatic nitrogens is 2. The highest BCUT2D eigenvalue weighted by atomic mass is 15.0. The molecule has 0 aliphatic carbocycles. The number of fused-ring (bicyclic) bond motifs is 1. The van der Waals surface area contributed by atoms with Crippen LogP contribution in [-0.2, 0) is 7.05 Å². The fourth-order valence-electron chi connectivity index (χ4n) is 1.36. The Balaban J connectivity index is 2.72. The van der Waals surface area contributed by atoms with Gasteiger partial charge in [0.2, 0.25) is 0 Å². The van der Waals surface area contributed by atoms with Crippen molar-refractivity contribution in [3.8, 4) is 0 Å². The molecule has 0 amide bonds. The quantitative estimate of drug-likeness (QED) is 0.658. The third-order valence-electron chi connectivity index (χ3n) is 2.16. The average Bonchev–Trinajstić information content (AvgIpc) is 2.47. The molecule has 66 valence electrons. The molecule has 1 aromatic heterocycles. The highest BCUT2D eigenvalue weighted by Gasteiger charge is 2.01. The summed E-state index contributed by atoms with van der Waals surface area (Å²) in [6, 6.07) is 5.87. The Hall–Kier alpha value is -1.64. The second-order valence-corrected chi connectivity index (χ2v) is 3.18. The van der Waals surface area contributed by atoms with Crippen LogP contribution in [0.25, 0.3) is 11.0 Å². The number of imidazole rings is 1. The molecule has 1 N–H and O–H groups in total. The van der Waals surface area contributed by atoms with Gasteiger partial charge in [-0.25, -0.2) is 4.98 Å². The molecule has 1 heterocycles. The maximum atomic E-state index is 7.50. The van der Waals surface area contributed by atoms with Crippen LogP contribution in [0.15, 0.2) is 24.5 Å². The first-order valence-corrected chi connectivity index (χ1v) is 4.15.